The molecular formula is C12H20. The Morgan fingerprint density at radius 1 is 0.833 bits per heavy atom. The zero-order valence-corrected chi connectivity index (χ0v) is 8.34. The lowest BCUT2D eigenvalue weighted by molar-refractivity contribution is 0.226. The van der Waals surface area contributed by atoms with Gasteiger partial charge in [-0.2, -0.15) is 0 Å². The average molecular weight is 164 g/mol. The second-order valence-electron chi connectivity index (χ2n) is 5.87. The zero-order chi connectivity index (χ0) is 8.34. The molecule has 0 aromatic rings. The first-order chi connectivity index (χ1) is 5.71. The molecule has 0 radical (unpaired) electrons. The summed E-state index contributed by atoms with van der Waals surface area (Å²) in [7, 11) is 0. The molecule has 3 fully saturated rings. The van der Waals surface area contributed by atoms with E-state index in [1.807, 2.05) is 0 Å². The molecule has 0 heterocycles. The second-order valence-corrected chi connectivity index (χ2v) is 5.87. The SMILES string of the molecule is CC1(C)[C@@H]2CC[C@H]1C1CCCC12. The Labute approximate surface area is 75.7 Å². The van der Waals surface area contributed by atoms with E-state index in [1.54, 1.807) is 32.1 Å². The standard InChI is InChI=1S/C12H20/c1-12(2)10-6-7-11(12)9-5-3-4-8(9)10/h8-11H,3-7H2,1-2H3/t8?,9?,10-,11+. The van der Waals surface area contributed by atoms with Gasteiger partial charge >= 0.3 is 0 Å². The lowest BCUT2D eigenvalue weighted by Crippen LogP contribution is -2.19. The molecular weight excluding hydrogens is 144 g/mol. The highest BCUT2D eigenvalue weighted by atomic mass is 14.6. The first kappa shape index (κ1) is 7.41. The molecule has 3 aliphatic rings. The second kappa shape index (κ2) is 2.08. The van der Waals surface area contributed by atoms with Crippen LogP contribution in [0.25, 0.3) is 0 Å². The summed E-state index contributed by atoms with van der Waals surface area (Å²) in [4.78, 5) is 0. The molecule has 0 saturated heterocycles. The maximum Gasteiger partial charge on any atom is -0.0292 e. The predicted octanol–water partition coefficient (Wildman–Crippen LogP) is 3.47. The summed E-state index contributed by atoms with van der Waals surface area (Å²) >= 11 is 0. The Kier molecular flexibility index (Phi) is 1.28. The van der Waals surface area contributed by atoms with Crippen LogP contribution in [0.1, 0.15) is 46.0 Å². The molecule has 3 saturated carbocycles. The zero-order valence-electron chi connectivity index (χ0n) is 8.34. The lowest BCUT2D eigenvalue weighted by atomic mass is 9.79. The van der Waals surface area contributed by atoms with Crippen LogP contribution in [0.3, 0.4) is 0 Å². The molecule has 3 aliphatic carbocycles. The summed E-state index contributed by atoms with van der Waals surface area (Å²) in [5.41, 5.74) is 0.718. The number of hydrogen-bond donors (Lipinski definition) is 0. The lowest BCUT2D eigenvalue weighted by Gasteiger charge is -2.26. The summed E-state index contributed by atoms with van der Waals surface area (Å²) in [6.07, 6.45) is 7.78. The van der Waals surface area contributed by atoms with Crippen molar-refractivity contribution >= 4 is 0 Å². The van der Waals surface area contributed by atoms with Crippen molar-refractivity contribution in [3.05, 3.63) is 0 Å². The highest BCUT2D eigenvalue weighted by Gasteiger charge is 2.59. The minimum absolute atomic E-state index is 0.718. The largest absolute Gasteiger partial charge is 0.0594 e. The number of hydrogen-bond acceptors (Lipinski definition) is 0. The summed E-state index contributed by atoms with van der Waals surface area (Å²) in [5.74, 6) is 4.52. The highest BCUT2D eigenvalue weighted by molar-refractivity contribution is 5.08. The van der Waals surface area contributed by atoms with E-state index in [2.05, 4.69) is 13.8 Å². The maximum atomic E-state index is 2.54. The monoisotopic (exact) mass is 164 g/mol. The fraction of sp³-hybridized carbons (Fsp3) is 1.00. The molecule has 3 rings (SSSR count). The molecule has 0 N–H and O–H groups in total. The third-order valence-electron chi connectivity index (χ3n) is 5.36. The minimum Gasteiger partial charge on any atom is -0.0594 e. The van der Waals surface area contributed by atoms with Crippen LogP contribution in [-0.4, -0.2) is 0 Å². The predicted molar refractivity (Wildman–Crippen MR) is 50.8 cm³/mol. The van der Waals surface area contributed by atoms with E-state index in [9.17, 15) is 0 Å². The van der Waals surface area contributed by atoms with Crippen molar-refractivity contribution in [3.8, 4) is 0 Å². The van der Waals surface area contributed by atoms with E-state index >= 15 is 0 Å². The molecule has 0 heteroatoms. The van der Waals surface area contributed by atoms with Crippen LogP contribution in [0.4, 0.5) is 0 Å². The summed E-state index contributed by atoms with van der Waals surface area (Å²) in [6.45, 7) is 5.07. The summed E-state index contributed by atoms with van der Waals surface area (Å²) < 4.78 is 0. The van der Waals surface area contributed by atoms with Crippen LogP contribution in [0.5, 0.6) is 0 Å². The van der Waals surface area contributed by atoms with Gasteiger partial charge < -0.3 is 0 Å². The van der Waals surface area contributed by atoms with Crippen LogP contribution in [0, 0.1) is 29.1 Å². The Bertz CT molecular complexity index is 184. The fourth-order valence-electron chi connectivity index (χ4n) is 4.93. The molecule has 4 atom stereocenters. The molecule has 68 valence electrons. The van der Waals surface area contributed by atoms with Crippen molar-refractivity contribution < 1.29 is 0 Å². The van der Waals surface area contributed by atoms with Crippen LogP contribution >= 0.6 is 0 Å². The summed E-state index contributed by atoms with van der Waals surface area (Å²) in [6, 6.07) is 0. The van der Waals surface area contributed by atoms with Crippen molar-refractivity contribution in [2.24, 2.45) is 29.1 Å². The van der Waals surface area contributed by atoms with Gasteiger partial charge in [-0.25, -0.2) is 0 Å². The Morgan fingerprint density at radius 3 is 1.83 bits per heavy atom. The van der Waals surface area contributed by atoms with Crippen molar-refractivity contribution in [3.63, 3.8) is 0 Å². The molecule has 0 nitrogen and oxygen atoms in total. The molecule has 0 spiro atoms. The topological polar surface area (TPSA) is 0 Å². The van der Waals surface area contributed by atoms with Gasteiger partial charge in [-0.05, 0) is 54.8 Å². The average Bonchev–Trinajstić information content (AvgIpc) is 2.60. The molecule has 0 amide bonds. The highest BCUT2D eigenvalue weighted by Crippen LogP contribution is 2.67. The van der Waals surface area contributed by atoms with Crippen LogP contribution in [0.15, 0.2) is 0 Å². The van der Waals surface area contributed by atoms with Gasteiger partial charge in [0.25, 0.3) is 0 Å². The normalized spacial score (nSPS) is 54.5. The smallest absolute Gasteiger partial charge is 0.0292 e. The van der Waals surface area contributed by atoms with Gasteiger partial charge in [-0.3, -0.25) is 0 Å². The number of fused-ring (bicyclic) bond motifs is 5. The van der Waals surface area contributed by atoms with Crippen molar-refractivity contribution in [1.82, 2.24) is 0 Å². The Morgan fingerprint density at radius 2 is 1.33 bits per heavy atom. The van der Waals surface area contributed by atoms with E-state index in [0.29, 0.717) is 0 Å². The fourth-order valence-corrected chi connectivity index (χ4v) is 4.93. The molecule has 0 aromatic carbocycles. The quantitative estimate of drug-likeness (QED) is 0.514. The van der Waals surface area contributed by atoms with E-state index in [0.717, 1.165) is 29.1 Å². The Hall–Kier alpha value is 0. The first-order valence-corrected chi connectivity index (χ1v) is 5.71. The first-order valence-electron chi connectivity index (χ1n) is 5.71. The molecule has 0 aromatic heterocycles. The molecule has 0 aliphatic heterocycles. The van der Waals surface area contributed by atoms with Gasteiger partial charge in [-0.15, -0.1) is 0 Å². The van der Waals surface area contributed by atoms with Crippen molar-refractivity contribution in [1.29, 1.82) is 0 Å². The molecule has 2 bridgehead atoms. The van der Waals surface area contributed by atoms with Gasteiger partial charge in [0.2, 0.25) is 0 Å². The maximum absolute atomic E-state index is 2.54. The van der Waals surface area contributed by atoms with Crippen molar-refractivity contribution in [2.75, 3.05) is 0 Å². The summed E-state index contributed by atoms with van der Waals surface area (Å²) in [5, 5.41) is 0. The van der Waals surface area contributed by atoms with Crippen molar-refractivity contribution in [2.45, 2.75) is 46.0 Å². The van der Waals surface area contributed by atoms with Gasteiger partial charge in [0.05, 0.1) is 0 Å². The van der Waals surface area contributed by atoms with E-state index in [1.165, 1.54) is 0 Å². The Balaban J connectivity index is 1.99. The molecule has 12 heavy (non-hydrogen) atoms. The third-order valence-corrected chi connectivity index (χ3v) is 5.36. The van der Waals surface area contributed by atoms with Gasteiger partial charge in [0.15, 0.2) is 0 Å². The van der Waals surface area contributed by atoms with Gasteiger partial charge in [0.1, 0.15) is 0 Å². The third kappa shape index (κ3) is 0.661. The van der Waals surface area contributed by atoms with E-state index < -0.39 is 0 Å². The van der Waals surface area contributed by atoms with Gasteiger partial charge in [0, 0.05) is 0 Å². The van der Waals surface area contributed by atoms with Gasteiger partial charge in [-0.1, -0.05) is 20.3 Å². The van der Waals surface area contributed by atoms with E-state index in [4.69, 9.17) is 0 Å². The van der Waals surface area contributed by atoms with Crippen LogP contribution in [0.2, 0.25) is 0 Å². The van der Waals surface area contributed by atoms with E-state index in [-0.39, 0.29) is 0 Å². The minimum atomic E-state index is 0.718. The molecule has 2 unspecified atom stereocenters. The number of rotatable bonds is 0. The van der Waals surface area contributed by atoms with Crippen LogP contribution in [-0.2, 0) is 0 Å². The van der Waals surface area contributed by atoms with Crippen LogP contribution < -0.4 is 0 Å².